The van der Waals surface area contributed by atoms with E-state index >= 15 is 0 Å². The van der Waals surface area contributed by atoms with E-state index in [0.29, 0.717) is 24.8 Å². The first kappa shape index (κ1) is 17.1. The molecule has 26 heavy (non-hydrogen) atoms. The van der Waals surface area contributed by atoms with Crippen molar-refractivity contribution in [2.45, 2.75) is 24.4 Å². The van der Waals surface area contributed by atoms with E-state index in [2.05, 4.69) is 5.16 Å². The summed E-state index contributed by atoms with van der Waals surface area (Å²) in [6.07, 6.45) is 2.16. The zero-order valence-electron chi connectivity index (χ0n) is 14.5. The van der Waals surface area contributed by atoms with E-state index < -0.39 is 5.60 Å². The van der Waals surface area contributed by atoms with Crippen LogP contribution in [-0.2, 0) is 4.74 Å². The molecule has 2 fully saturated rings. The van der Waals surface area contributed by atoms with Gasteiger partial charge in [-0.1, -0.05) is 23.4 Å². The SMILES string of the molecule is O=C(c1cc(C2CC2)on1)N1CCOC[C@@](O)(COc2ccccc2)C1. The minimum atomic E-state index is -1.29. The first-order valence-electron chi connectivity index (χ1n) is 8.87. The van der Waals surface area contributed by atoms with E-state index in [0.717, 1.165) is 18.6 Å². The fourth-order valence-electron chi connectivity index (χ4n) is 3.02. The summed E-state index contributed by atoms with van der Waals surface area (Å²) in [5.41, 5.74) is -1.01. The summed E-state index contributed by atoms with van der Waals surface area (Å²) in [6, 6.07) is 11.0. The van der Waals surface area contributed by atoms with Crippen LogP contribution in [0.25, 0.3) is 0 Å². The second-order valence-electron chi connectivity index (χ2n) is 6.99. The molecule has 1 aliphatic heterocycles. The van der Waals surface area contributed by atoms with Crippen LogP contribution in [0.1, 0.15) is 35.0 Å². The molecule has 0 spiro atoms. The Kier molecular flexibility index (Phi) is 4.65. The van der Waals surface area contributed by atoms with Gasteiger partial charge in [-0.15, -0.1) is 0 Å². The highest BCUT2D eigenvalue weighted by Gasteiger charge is 2.37. The van der Waals surface area contributed by atoms with Gasteiger partial charge in [-0.05, 0) is 25.0 Å². The molecule has 1 aliphatic carbocycles. The van der Waals surface area contributed by atoms with E-state index in [-0.39, 0.29) is 31.4 Å². The number of aromatic nitrogens is 1. The number of carbonyl (C=O) groups excluding carboxylic acids is 1. The number of nitrogens with zero attached hydrogens (tertiary/aromatic N) is 2. The highest BCUT2D eigenvalue weighted by atomic mass is 16.5. The number of para-hydroxylation sites is 1. The summed E-state index contributed by atoms with van der Waals surface area (Å²) >= 11 is 0. The molecule has 1 aromatic heterocycles. The van der Waals surface area contributed by atoms with Crippen molar-refractivity contribution in [1.82, 2.24) is 10.1 Å². The number of hydrogen-bond donors (Lipinski definition) is 1. The van der Waals surface area contributed by atoms with Gasteiger partial charge in [0.2, 0.25) is 0 Å². The molecule has 2 aliphatic rings. The number of amides is 1. The third-order valence-corrected chi connectivity index (χ3v) is 4.63. The van der Waals surface area contributed by atoms with Crippen molar-refractivity contribution in [2.24, 2.45) is 0 Å². The topological polar surface area (TPSA) is 85.0 Å². The van der Waals surface area contributed by atoms with Gasteiger partial charge >= 0.3 is 0 Å². The zero-order valence-corrected chi connectivity index (χ0v) is 14.5. The number of hydrogen-bond acceptors (Lipinski definition) is 6. The van der Waals surface area contributed by atoms with Gasteiger partial charge in [0.15, 0.2) is 5.69 Å². The molecule has 4 rings (SSSR count). The summed E-state index contributed by atoms with van der Waals surface area (Å²) in [4.78, 5) is 14.3. The van der Waals surface area contributed by atoms with Crippen LogP contribution in [0.2, 0.25) is 0 Å². The van der Waals surface area contributed by atoms with Gasteiger partial charge < -0.3 is 24.0 Å². The maximum absolute atomic E-state index is 12.8. The molecule has 0 unspecified atom stereocenters. The fourth-order valence-corrected chi connectivity index (χ4v) is 3.02. The molecule has 2 heterocycles. The highest BCUT2D eigenvalue weighted by molar-refractivity contribution is 5.92. The normalized spacial score (nSPS) is 23.5. The molecular formula is C19H22N2O5. The van der Waals surface area contributed by atoms with Crippen LogP contribution in [0.5, 0.6) is 5.75 Å². The average Bonchev–Trinajstić information content (AvgIpc) is 3.43. The predicted molar refractivity (Wildman–Crippen MR) is 92.1 cm³/mol. The second-order valence-corrected chi connectivity index (χ2v) is 6.99. The molecule has 0 radical (unpaired) electrons. The Morgan fingerprint density at radius 2 is 2.15 bits per heavy atom. The molecule has 7 heteroatoms. The first-order chi connectivity index (χ1) is 12.6. The Morgan fingerprint density at radius 3 is 2.92 bits per heavy atom. The van der Waals surface area contributed by atoms with Gasteiger partial charge in [0.1, 0.15) is 23.7 Å². The number of aliphatic hydroxyl groups is 1. The van der Waals surface area contributed by atoms with E-state index in [4.69, 9.17) is 14.0 Å². The molecule has 7 nitrogen and oxygen atoms in total. The van der Waals surface area contributed by atoms with Crippen LogP contribution in [0, 0.1) is 0 Å². The van der Waals surface area contributed by atoms with Gasteiger partial charge in [0.25, 0.3) is 5.91 Å². The summed E-state index contributed by atoms with van der Waals surface area (Å²) in [6.45, 7) is 0.998. The van der Waals surface area contributed by atoms with Crippen LogP contribution in [0.3, 0.4) is 0 Å². The van der Waals surface area contributed by atoms with E-state index in [1.54, 1.807) is 11.0 Å². The third-order valence-electron chi connectivity index (χ3n) is 4.63. The fraction of sp³-hybridized carbons (Fsp3) is 0.474. The van der Waals surface area contributed by atoms with Crippen molar-refractivity contribution in [3.05, 3.63) is 47.9 Å². The monoisotopic (exact) mass is 358 g/mol. The van der Waals surface area contributed by atoms with Crippen LogP contribution < -0.4 is 4.74 Å². The van der Waals surface area contributed by atoms with Crippen LogP contribution >= 0.6 is 0 Å². The largest absolute Gasteiger partial charge is 0.490 e. The van der Waals surface area contributed by atoms with E-state index in [9.17, 15) is 9.90 Å². The molecule has 1 N–H and O–H groups in total. The van der Waals surface area contributed by atoms with E-state index in [1.807, 2.05) is 30.3 Å². The van der Waals surface area contributed by atoms with Crippen molar-refractivity contribution >= 4 is 5.91 Å². The van der Waals surface area contributed by atoms with Crippen molar-refractivity contribution < 1.29 is 23.9 Å². The van der Waals surface area contributed by atoms with Crippen molar-refractivity contribution in [1.29, 1.82) is 0 Å². The van der Waals surface area contributed by atoms with Gasteiger partial charge in [0.05, 0.1) is 19.8 Å². The zero-order chi connectivity index (χ0) is 18.0. The van der Waals surface area contributed by atoms with E-state index in [1.165, 1.54) is 0 Å². The first-order valence-corrected chi connectivity index (χ1v) is 8.87. The Morgan fingerprint density at radius 1 is 1.35 bits per heavy atom. The lowest BCUT2D eigenvalue weighted by Gasteiger charge is -2.30. The van der Waals surface area contributed by atoms with Gasteiger partial charge in [0, 0.05) is 18.5 Å². The van der Waals surface area contributed by atoms with Crippen molar-refractivity contribution in [3.63, 3.8) is 0 Å². The summed E-state index contributed by atoms with van der Waals surface area (Å²) in [5, 5.41) is 14.8. The van der Waals surface area contributed by atoms with Gasteiger partial charge in [-0.3, -0.25) is 4.79 Å². The van der Waals surface area contributed by atoms with Crippen LogP contribution in [0.4, 0.5) is 0 Å². The molecule has 2 aromatic rings. The molecule has 1 saturated heterocycles. The summed E-state index contributed by atoms with van der Waals surface area (Å²) in [5.74, 6) is 1.56. The molecule has 1 atom stereocenters. The Labute approximate surface area is 151 Å². The van der Waals surface area contributed by atoms with Gasteiger partial charge in [-0.2, -0.15) is 0 Å². The molecule has 1 aromatic carbocycles. The third kappa shape index (κ3) is 3.89. The number of rotatable bonds is 5. The second kappa shape index (κ2) is 7.09. The molecule has 1 saturated carbocycles. The van der Waals surface area contributed by atoms with Crippen molar-refractivity contribution in [3.8, 4) is 5.75 Å². The maximum Gasteiger partial charge on any atom is 0.276 e. The number of benzene rings is 1. The van der Waals surface area contributed by atoms with Crippen LogP contribution in [-0.4, -0.2) is 59.6 Å². The van der Waals surface area contributed by atoms with Gasteiger partial charge in [-0.25, -0.2) is 0 Å². The maximum atomic E-state index is 12.8. The standard InChI is InChI=1S/C19H22N2O5/c22-18(16-10-17(26-20-16)14-6-7-14)21-8-9-24-12-19(23,11-21)13-25-15-4-2-1-3-5-15/h1-5,10,14,23H,6-9,11-13H2/t19-/m1/s1. The Bertz CT molecular complexity index is 758. The average molecular weight is 358 g/mol. The Balaban J connectivity index is 1.43. The number of carbonyl (C=O) groups is 1. The molecule has 138 valence electrons. The minimum absolute atomic E-state index is 0.0347. The summed E-state index contributed by atoms with van der Waals surface area (Å²) in [7, 11) is 0. The lowest BCUT2D eigenvalue weighted by Crippen LogP contribution is -2.50. The minimum Gasteiger partial charge on any atom is -0.490 e. The number of ether oxygens (including phenoxy) is 2. The molecule has 0 bridgehead atoms. The van der Waals surface area contributed by atoms with Crippen LogP contribution in [0.15, 0.2) is 40.9 Å². The Hall–Kier alpha value is -2.38. The highest BCUT2D eigenvalue weighted by Crippen LogP contribution is 2.40. The quantitative estimate of drug-likeness (QED) is 0.878. The lowest BCUT2D eigenvalue weighted by molar-refractivity contribution is -0.0621. The summed E-state index contributed by atoms with van der Waals surface area (Å²) < 4.78 is 16.5. The molecular weight excluding hydrogens is 336 g/mol. The smallest absolute Gasteiger partial charge is 0.276 e. The molecule has 1 amide bonds. The van der Waals surface area contributed by atoms with Crippen molar-refractivity contribution in [2.75, 3.05) is 32.9 Å². The number of β-amino-alcohol motifs (C(OH)–C–C–N with tert-alkyl or cyclic N) is 1. The lowest BCUT2D eigenvalue weighted by atomic mass is 10.1. The predicted octanol–water partition coefficient (Wildman–Crippen LogP) is 1.83.